The van der Waals surface area contributed by atoms with E-state index in [0.717, 1.165) is 11.3 Å². The highest BCUT2D eigenvalue weighted by Crippen LogP contribution is 2.25. The molecule has 0 unspecified atom stereocenters. The number of anilines is 1. The number of urea groups is 1. The molecule has 0 aliphatic carbocycles. The maximum atomic E-state index is 12.7. The van der Waals surface area contributed by atoms with Crippen LogP contribution in [0.4, 0.5) is 10.5 Å². The average Bonchev–Trinajstić information content (AvgIpc) is 2.84. The van der Waals surface area contributed by atoms with Crippen molar-refractivity contribution >= 4 is 17.7 Å². The molecule has 1 aromatic carbocycles. The molecule has 0 aromatic heterocycles. The Bertz CT molecular complexity index is 546. The molecule has 1 aliphatic rings. The number of para-hydroxylation sites is 1. The number of benzene rings is 1. The van der Waals surface area contributed by atoms with Gasteiger partial charge in [0.25, 0.3) is 0 Å². The number of hydrogen-bond acceptors (Lipinski definition) is 3. The van der Waals surface area contributed by atoms with Gasteiger partial charge in [-0.25, -0.2) is 9.59 Å². The van der Waals surface area contributed by atoms with E-state index in [0.29, 0.717) is 6.54 Å². The van der Waals surface area contributed by atoms with Crippen molar-refractivity contribution in [2.75, 3.05) is 18.0 Å². The molecular weight excluding hydrogens is 272 g/mol. The molecule has 1 heterocycles. The monoisotopic (exact) mass is 292 g/mol. The summed E-state index contributed by atoms with van der Waals surface area (Å²) in [6.07, 6.45) is -0.711. The summed E-state index contributed by atoms with van der Waals surface area (Å²) in [7, 11) is 0. The minimum Gasteiger partial charge on any atom is -0.480 e. The molecular formula is C15H20N2O4. The molecule has 1 aliphatic heterocycles. The first-order valence-electron chi connectivity index (χ1n) is 7.00. The second kappa shape index (κ2) is 6.13. The predicted octanol–water partition coefficient (Wildman–Crippen LogP) is 1.46. The third kappa shape index (κ3) is 3.00. The Labute approximate surface area is 123 Å². The van der Waals surface area contributed by atoms with Crippen LogP contribution in [0.15, 0.2) is 24.3 Å². The zero-order chi connectivity index (χ0) is 15.6. The molecule has 2 atom stereocenters. The van der Waals surface area contributed by atoms with Crippen LogP contribution in [0, 0.1) is 6.92 Å². The Morgan fingerprint density at radius 2 is 2.05 bits per heavy atom. The minimum absolute atomic E-state index is 0.0538. The van der Waals surface area contributed by atoms with Gasteiger partial charge in [0, 0.05) is 25.2 Å². The van der Waals surface area contributed by atoms with Crippen molar-refractivity contribution in [3.05, 3.63) is 29.8 Å². The lowest BCUT2D eigenvalue weighted by Gasteiger charge is -2.30. The van der Waals surface area contributed by atoms with Crippen molar-refractivity contribution in [2.45, 2.75) is 32.4 Å². The van der Waals surface area contributed by atoms with Gasteiger partial charge in [0.2, 0.25) is 0 Å². The number of aryl methyl sites for hydroxylation is 1. The van der Waals surface area contributed by atoms with E-state index < -0.39 is 18.1 Å². The summed E-state index contributed by atoms with van der Waals surface area (Å²) < 4.78 is 0. The first-order valence-corrected chi connectivity index (χ1v) is 7.00. The number of aliphatic hydroxyl groups is 1. The van der Waals surface area contributed by atoms with Gasteiger partial charge < -0.3 is 15.1 Å². The fourth-order valence-corrected chi connectivity index (χ4v) is 2.69. The zero-order valence-corrected chi connectivity index (χ0v) is 12.2. The Morgan fingerprint density at radius 3 is 2.62 bits per heavy atom. The van der Waals surface area contributed by atoms with E-state index in [1.165, 1.54) is 4.90 Å². The van der Waals surface area contributed by atoms with Crippen LogP contribution in [0.25, 0.3) is 0 Å². The van der Waals surface area contributed by atoms with Gasteiger partial charge in [-0.15, -0.1) is 0 Å². The highest BCUT2D eigenvalue weighted by Gasteiger charge is 2.40. The molecule has 0 saturated carbocycles. The molecule has 2 amide bonds. The molecule has 0 bridgehead atoms. The number of carboxylic acid groups (broad SMARTS) is 1. The van der Waals surface area contributed by atoms with Crippen LogP contribution in [0.5, 0.6) is 0 Å². The number of likely N-dealkylation sites (tertiary alicyclic amines) is 1. The molecule has 6 heteroatoms. The molecule has 1 fully saturated rings. The van der Waals surface area contributed by atoms with Crippen molar-refractivity contribution in [3.63, 3.8) is 0 Å². The fraction of sp³-hybridized carbons (Fsp3) is 0.467. The van der Waals surface area contributed by atoms with Crippen LogP contribution in [0.1, 0.15) is 18.9 Å². The lowest BCUT2D eigenvalue weighted by molar-refractivity contribution is -0.141. The van der Waals surface area contributed by atoms with E-state index in [4.69, 9.17) is 0 Å². The predicted molar refractivity (Wildman–Crippen MR) is 78.3 cm³/mol. The highest BCUT2D eigenvalue weighted by molar-refractivity contribution is 5.95. The van der Waals surface area contributed by atoms with Gasteiger partial charge in [-0.2, -0.15) is 0 Å². The van der Waals surface area contributed by atoms with Crippen LogP contribution in [-0.2, 0) is 4.79 Å². The molecule has 0 radical (unpaired) electrons. The molecule has 2 rings (SSSR count). The maximum Gasteiger partial charge on any atom is 0.326 e. The number of hydrogen-bond donors (Lipinski definition) is 2. The van der Waals surface area contributed by atoms with Gasteiger partial charge >= 0.3 is 12.0 Å². The molecule has 1 aromatic rings. The lowest BCUT2D eigenvalue weighted by atomic mass is 10.2. The highest BCUT2D eigenvalue weighted by atomic mass is 16.4. The summed E-state index contributed by atoms with van der Waals surface area (Å²) in [5.74, 6) is -1.08. The molecule has 0 spiro atoms. The normalized spacial score (nSPS) is 21.4. The summed E-state index contributed by atoms with van der Waals surface area (Å²) in [6, 6.07) is 6.11. The average molecular weight is 292 g/mol. The zero-order valence-electron chi connectivity index (χ0n) is 12.2. The number of carboxylic acids is 1. The fourth-order valence-electron chi connectivity index (χ4n) is 2.69. The largest absolute Gasteiger partial charge is 0.480 e. The van der Waals surface area contributed by atoms with Crippen LogP contribution in [0.3, 0.4) is 0 Å². The van der Waals surface area contributed by atoms with Gasteiger partial charge in [-0.3, -0.25) is 4.90 Å². The van der Waals surface area contributed by atoms with Crippen molar-refractivity contribution in [2.24, 2.45) is 0 Å². The van der Waals surface area contributed by atoms with E-state index in [1.807, 2.05) is 38.1 Å². The Hall–Kier alpha value is -2.08. The summed E-state index contributed by atoms with van der Waals surface area (Å²) in [5, 5.41) is 18.9. The smallest absolute Gasteiger partial charge is 0.326 e. The third-order valence-electron chi connectivity index (χ3n) is 3.76. The standard InChI is InChI=1S/C15H20N2O4/c1-3-16(12-7-5-4-6-10(12)2)15(21)17-9-11(18)8-13(17)14(19)20/h4-7,11,13,18H,3,8-9H2,1-2H3,(H,19,20)/t11-,13-/m0/s1. The number of rotatable bonds is 3. The maximum absolute atomic E-state index is 12.7. The van der Waals surface area contributed by atoms with Crippen molar-refractivity contribution in [1.82, 2.24) is 4.90 Å². The molecule has 1 saturated heterocycles. The number of β-amino-alcohol motifs (C(OH)–C–C–N with tert-alkyl or cyclic N) is 1. The van der Waals surface area contributed by atoms with Gasteiger partial charge in [0.05, 0.1) is 6.10 Å². The second-order valence-electron chi connectivity index (χ2n) is 5.21. The number of carbonyl (C=O) groups excluding carboxylic acids is 1. The number of carbonyl (C=O) groups is 2. The number of aliphatic hydroxyl groups excluding tert-OH is 1. The quantitative estimate of drug-likeness (QED) is 0.883. The molecule has 21 heavy (non-hydrogen) atoms. The number of aliphatic carboxylic acids is 1. The van der Waals surface area contributed by atoms with E-state index >= 15 is 0 Å². The SMILES string of the molecule is CCN(C(=O)N1C[C@@H](O)C[C@H]1C(=O)O)c1ccccc1C. The Balaban J connectivity index is 2.28. The van der Waals surface area contributed by atoms with E-state index in [-0.39, 0.29) is 19.0 Å². The molecule has 114 valence electrons. The summed E-state index contributed by atoms with van der Waals surface area (Å²) >= 11 is 0. The van der Waals surface area contributed by atoms with Gasteiger partial charge in [0.15, 0.2) is 0 Å². The first-order chi connectivity index (χ1) is 9.95. The van der Waals surface area contributed by atoms with Crippen LogP contribution in [-0.4, -0.2) is 52.3 Å². The second-order valence-corrected chi connectivity index (χ2v) is 5.21. The van der Waals surface area contributed by atoms with Crippen LogP contribution < -0.4 is 4.90 Å². The van der Waals surface area contributed by atoms with Crippen molar-refractivity contribution < 1.29 is 19.8 Å². The third-order valence-corrected chi connectivity index (χ3v) is 3.76. The van der Waals surface area contributed by atoms with Gasteiger partial charge in [-0.1, -0.05) is 18.2 Å². The van der Waals surface area contributed by atoms with Gasteiger partial charge in [-0.05, 0) is 25.5 Å². The van der Waals surface area contributed by atoms with E-state index in [1.54, 1.807) is 4.90 Å². The van der Waals surface area contributed by atoms with Crippen molar-refractivity contribution in [1.29, 1.82) is 0 Å². The molecule has 6 nitrogen and oxygen atoms in total. The van der Waals surface area contributed by atoms with Gasteiger partial charge in [0.1, 0.15) is 6.04 Å². The Morgan fingerprint density at radius 1 is 1.38 bits per heavy atom. The number of amides is 2. The summed E-state index contributed by atoms with van der Waals surface area (Å²) in [5.41, 5.74) is 1.70. The van der Waals surface area contributed by atoms with E-state index in [2.05, 4.69) is 0 Å². The van der Waals surface area contributed by atoms with E-state index in [9.17, 15) is 19.8 Å². The van der Waals surface area contributed by atoms with Crippen LogP contribution >= 0.6 is 0 Å². The number of nitrogens with zero attached hydrogens (tertiary/aromatic N) is 2. The molecule has 2 N–H and O–H groups in total. The van der Waals surface area contributed by atoms with Crippen LogP contribution in [0.2, 0.25) is 0 Å². The summed E-state index contributed by atoms with van der Waals surface area (Å²) in [4.78, 5) is 26.7. The summed E-state index contributed by atoms with van der Waals surface area (Å²) in [6.45, 7) is 4.23. The Kier molecular flexibility index (Phi) is 4.47. The first kappa shape index (κ1) is 15.3. The van der Waals surface area contributed by atoms with Crippen molar-refractivity contribution in [3.8, 4) is 0 Å². The minimum atomic E-state index is -1.08. The topological polar surface area (TPSA) is 81.1 Å². The lowest BCUT2D eigenvalue weighted by Crippen LogP contribution is -2.48.